The number of hydrogen-bond acceptors (Lipinski definition) is 4. The maximum absolute atomic E-state index is 13.0. The van der Waals surface area contributed by atoms with Crippen LogP contribution < -0.4 is 10.6 Å². The summed E-state index contributed by atoms with van der Waals surface area (Å²) in [6, 6.07) is 5.72. The number of carbonyl (C=O) groups is 2. The molecule has 182 valence electrons. The molecule has 0 aliphatic carbocycles. The molecule has 0 aliphatic heterocycles. The molecule has 1 rings (SSSR count). The number of anilines is 1. The van der Waals surface area contributed by atoms with Crippen molar-refractivity contribution in [3.8, 4) is 0 Å². The van der Waals surface area contributed by atoms with Gasteiger partial charge in [0.25, 0.3) is 0 Å². The van der Waals surface area contributed by atoms with E-state index in [0.717, 1.165) is 50.6 Å². The van der Waals surface area contributed by atoms with E-state index in [1.807, 2.05) is 32.0 Å². The van der Waals surface area contributed by atoms with E-state index >= 15 is 0 Å². The number of aromatic nitrogens is 1. The van der Waals surface area contributed by atoms with Crippen LogP contribution in [0.25, 0.3) is 0 Å². The lowest BCUT2D eigenvalue weighted by Crippen LogP contribution is -2.35. The number of carboxylic acids is 1. The normalized spacial score (nSPS) is 13.5. The molecule has 1 aromatic rings. The first-order valence-electron chi connectivity index (χ1n) is 12.4. The fourth-order valence-electron chi connectivity index (χ4n) is 4.20. The van der Waals surface area contributed by atoms with Crippen LogP contribution in [0, 0.1) is 11.3 Å². The third-order valence-corrected chi connectivity index (χ3v) is 6.14. The molecule has 0 aromatic carbocycles. The van der Waals surface area contributed by atoms with Crippen molar-refractivity contribution >= 4 is 17.7 Å². The van der Waals surface area contributed by atoms with Gasteiger partial charge in [-0.15, -0.1) is 0 Å². The van der Waals surface area contributed by atoms with Crippen LogP contribution >= 0.6 is 0 Å². The molecule has 0 saturated heterocycles. The topological polar surface area (TPSA) is 91.3 Å². The first-order chi connectivity index (χ1) is 15.2. The van der Waals surface area contributed by atoms with Gasteiger partial charge in [-0.05, 0) is 30.9 Å². The minimum absolute atomic E-state index is 0.00294. The number of unbranched alkanes of at least 4 members (excludes halogenated alkanes) is 3. The molecular weight excluding hydrogens is 402 g/mol. The highest BCUT2D eigenvalue weighted by molar-refractivity contribution is 5.94. The van der Waals surface area contributed by atoms with Gasteiger partial charge in [0, 0.05) is 23.6 Å². The zero-order valence-corrected chi connectivity index (χ0v) is 20.9. The van der Waals surface area contributed by atoms with Gasteiger partial charge in [-0.1, -0.05) is 85.6 Å². The van der Waals surface area contributed by atoms with Gasteiger partial charge in [-0.25, -0.2) is 4.98 Å². The quantitative estimate of drug-likeness (QED) is 0.262. The van der Waals surface area contributed by atoms with Gasteiger partial charge in [0.15, 0.2) is 0 Å². The Kier molecular flexibility index (Phi) is 13.2. The van der Waals surface area contributed by atoms with E-state index in [9.17, 15) is 9.59 Å². The van der Waals surface area contributed by atoms with Gasteiger partial charge in [0.05, 0.1) is 6.54 Å². The third kappa shape index (κ3) is 11.1. The Morgan fingerprint density at radius 2 is 1.81 bits per heavy atom. The number of nitrogens with zero attached hydrogens (tertiary/aromatic N) is 1. The summed E-state index contributed by atoms with van der Waals surface area (Å²) in [6.07, 6.45) is 10.4. The highest BCUT2D eigenvalue weighted by Crippen LogP contribution is 2.31. The molecule has 1 heterocycles. The zero-order valence-electron chi connectivity index (χ0n) is 20.9. The Balaban J connectivity index is 2.78. The molecule has 32 heavy (non-hydrogen) atoms. The number of carbonyl (C=O) groups excluding carboxylic acids is 1. The predicted octanol–water partition coefficient (Wildman–Crippen LogP) is 5.82. The van der Waals surface area contributed by atoms with Crippen molar-refractivity contribution in [2.24, 2.45) is 11.3 Å². The third-order valence-electron chi connectivity index (χ3n) is 6.14. The number of amides is 1. The van der Waals surface area contributed by atoms with Gasteiger partial charge >= 0.3 is 5.97 Å². The van der Waals surface area contributed by atoms with E-state index in [2.05, 4.69) is 36.4 Å². The smallest absolute Gasteiger partial charge is 0.317 e. The minimum atomic E-state index is -0.854. The average molecular weight is 448 g/mol. The molecule has 1 amide bonds. The monoisotopic (exact) mass is 447 g/mol. The minimum Gasteiger partial charge on any atom is -0.480 e. The van der Waals surface area contributed by atoms with Crippen molar-refractivity contribution in [2.45, 2.75) is 105 Å². The highest BCUT2D eigenvalue weighted by Gasteiger charge is 2.30. The molecule has 3 N–H and O–H groups in total. The Morgan fingerprint density at radius 3 is 2.44 bits per heavy atom. The lowest BCUT2D eigenvalue weighted by Gasteiger charge is -2.28. The van der Waals surface area contributed by atoms with Gasteiger partial charge < -0.3 is 15.7 Å². The van der Waals surface area contributed by atoms with Crippen LogP contribution in [0.2, 0.25) is 0 Å². The highest BCUT2D eigenvalue weighted by atomic mass is 16.4. The Morgan fingerprint density at radius 1 is 1.06 bits per heavy atom. The fourth-order valence-corrected chi connectivity index (χ4v) is 4.20. The van der Waals surface area contributed by atoms with Crippen LogP contribution in [-0.2, 0) is 16.0 Å². The molecule has 0 aliphatic rings. The van der Waals surface area contributed by atoms with Crippen molar-refractivity contribution in [3.63, 3.8) is 0 Å². The van der Waals surface area contributed by atoms with E-state index in [1.165, 1.54) is 12.8 Å². The number of carboxylic acid groups (broad SMARTS) is 1. The average Bonchev–Trinajstić information content (AvgIpc) is 2.74. The summed E-state index contributed by atoms with van der Waals surface area (Å²) in [6.45, 7) is 10.5. The first kappa shape index (κ1) is 28.1. The van der Waals surface area contributed by atoms with E-state index in [0.29, 0.717) is 18.2 Å². The zero-order chi connectivity index (χ0) is 24.0. The van der Waals surface area contributed by atoms with Crippen LogP contribution in [0.4, 0.5) is 5.82 Å². The summed E-state index contributed by atoms with van der Waals surface area (Å²) in [5.41, 5.74) is 0.398. The molecule has 0 bridgehead atoms. The predicted molar refractivity (Wildman–Crippen MR) is 132 cm³/mol. The number of hydrogen-bond donors (Lipinski definition) is 3. The molecule has 1 aromatic heterocycles. The summed E-state index contributed by atoms with van der Waals surface area (Å²) >= 11 is 0. The second-order valence-electron chi connectivity index (χ2n) is 9.64. The van der Waals surface area contributed by atoms with Crippen LogP contribution in [0.5, 0.6) is 0 Å². The molecule has 6 nitrogen and oxygen atoms in total. The number of pyridine rings is 1. The van der Waals surface area contributed by atoms with Crippen LogP contribution in [0.3, 0.4) is 0 Å². The van der Waals surface area contributed by atoms with E-state index in [-0.39, 0.29) is 18.5 Å². The number of rotatable bonds is 17. The number of nitrogens with one attached hydrogen (secondary N) is 2. The number of aliphatic carboxylic acids is 1. The van der Waals surface area contributed by atoms with Gasteiger partial charge in [-0.2, -0.15) is 0 Å². The van der Waals surface area contributed by atoms with Crippen LogP contribution in [0.1, 0.15) is 98.1 Å². The summed E-state index contributed by atoms with van der Waals surface area (Å²) < 4.78 is 0. The molecule has 0 fully saturated rings. The molecule has 2 unspecified atom stereocenters. The van der Waals surface area contributed by atoms with Crippen LogP contribution in [-0.4, -0.2) is 34.6 Å². The maximum Gasteiger partial charge on any atom is 0.317 e. The van der Waals surface area contributed by atoms with E-state index in [4.69, 9.17) is 5.11 Å². The standard InChI is InChI=1S/C26H45N3O3/c1-6-9-10-11-14-21(27-19-24(30)31)17-22-15-12-16-23(28-22)29-25(32)26(4,5)18-20(8-3)13-7-2/h12,15-16,20-21,27H,6-11,13-14,17-19H2,1-5H3,(H,30,31)(H,28,29,32). The van der Waals surface area contributed by atoms with Gasteiger partial charge in [-0.3, -0.25) is 9.59 Å². The van der Waals surface area contributed by atoms with Crippen molar-refractivity contribution < 1.29 is 14.7 Å². The Labute approximate surface area is 195 Å². The van der Waals surface area contributed by atoms with Crippen molar-refractivity contribution in [2.75, 3.05) is 11.9 Å². The second-order valence-corrected chi connectivity index (χ2v) is 9.64. The second kappa shape index (κ2) is 15.0. The largest absolute Gasteiger partial charge is 0.480 e. The summed E-state index contributed by atoms with van der Waals surface area (Å²) in [7, 11) is 0. The molecule has 2 atom stereocenters. The van der Waals surface area contributed by atoms with Crippen molar-refractivity contribution in [1.29, 1.82) is 0 Å². The fraction of sp³-hybridized carbons (Fsp3) is 0.731. The summed E-state index contributed by atoms with van der Waals surface area (Å²) in [5, 5.41) is 15.2. The Bertz CT molecular complexity index is 691. The van der Waals surface area contributed by atoms with E-state index in [1.54, 1.807) is 0 Å². The SMILES string of the molecule is CCCCCCC(Cc1cccc(NC(=O)C(C)(C)CC(CC)CCC)n1)NCC(=O)O. The lowest BCUT2D eigenvalue weighted by molar-refractivity contribution is -0.136. The molecular formula is C26H45N3O3. The molecule has 0 saturated carbocycles. The van der Waals surface area contributed by atoms with Crippen molar-refractivity contribution in [3.05, 3.63) is 23.9 Å². The van der Waals surface area contributed by atoms with Gasteiger partial charge in [0.2, 0.25) is 5.91 Å². The maximum atomic E-state index is 13.0. The van der Waals surface area contributed by atoms with Crippen LogP contribution in [0.15, 0.2) is 18.2 Å². The molecule has 0 radical (unpaired) electrons. The lowest BCUT2D eigenvalue weighted by atomic mass is 9.79. The first-order valence-corrected chi connectivity index (χ1v) is 12.4. The molecule has 6 heteroatoms. The van der Waals surface area contributed by atoms with E-state index < -0.39 is 11.4 Å². The van der Waals surface area contributed by atoms with Gasteiger partial charge in [0.1, 0.15) is 5.82 Å². The summed E-state index contributed by atoms with van der Waals surface area (Å²) in [5.74, 6) is 0.256. The molecule has 0 spiro atoms. The summed E-state index contributed by atoms with van der Waals surface area (Å²) in [4.78, 5) is 28.6. The Hall–Kier alpha value is -1.95. The van der Waals surface area contributed by atoms with Crippen molar-refractivity contribution in [1.82, 2.24) is 10.3 Å².